The molecule has 19 heteroatoms. The van der Waals surface area contributed by atoms with Gasteiger partial charge < -0.3 is 35.1 Å². The van der Waals surface area contributed by atoms with Crippen molar-refractivity contribution in [2.45, 2.75) is 17.7 Å². The van der Waals surface area contributed by atoms with Crippen molar-refractivity contribution in [1.29, 1.82) is 0 Å². The number of phenolic OH excluding ortho intramolecular Hbond substituents is 1. The minimum Gasteiger partial charge on any atom is -0.852 e. The second kappa shape index (κ2) is 18.8. The number of nitrogens with zero attached hydrogens (tertiary/aromatic N) is 4. The van der Waals surface area contributed by atoms with Gasteiger partial charge in [0.15, 0.2) is 5.75 Å². The van der Waals surface area contributed by atoms with E-state index < -0.39 is 39.7 Å². The molecule has 47 heavy (non-hydrogen) atoms. The SMILES string of the molecule is Nc1ccc2cc(S(=O)(=O)[O-])c(N=Nc3cc(OCC[O-])c(N=NC4=CC(=C=O)CC(=C=O)C4)cc3OCC[O-])c(O)c2c1.[Li+].[Li+].[Li+]. The molecule has 1 aliphatic rings. The van der Waals surface area contributed by atoms with Gasteiger partial charge in [0, 0.05) is 47.2 Å². The summed E-state index contributed by atoms with van der Waals surface area (Å²) in [5.41, 5.74) is 5.84. The van der Waals surface area contributed by atoms with Gasteiger partial charge in [-0.15, -0.1) is 28.6 Å². The molecule has 0 aliphatic heterocycles. The van der Waals surface area contributed by atoms with E-state index in [-0.39, 0.29) is 139 Å². The van der Waals surface area contributed by atoms with Crippen molar-refractivity contribution in [3.8, 4) is 17.2 Å². The zero-order valence-electron chi connectivity index (χ0n) is 25.7. The summed E-state index contributed by atoms with van der Waals surface area (Å²) in [6.45, 7) is -1.97. The van der Waals surface area contributed by atoms with E-state index in [2.05, 4.69) is 20.5 Å². The summed E-state index contributed by atoms with van der Waals surface area (Å²) >= 11 is 0. The molecule has 0 unspecified atom stereocenters. The Balaban J connectivity index is 0.00000368. The van der Waals surface area contributed by atoms with Crippen molar-refractivity contribution >= 4 is 55.5 Å². The quantitative estimate of drug-likeness (QED) is 0.0654. The number of hydrogen-bond acceptors (Lipinski definition) is 15. The normalized spacial score (nSPS) is 12.9. The molecule has 0 spiro atoms. The van der Waals surface area contributed by atoms with Crippen LogP contribution in [0.2, 0.25) is 0 Å². The van der Waals surface area contributed by atoms with E-state index >= 15 is 0 Å². The van der Waals surface area contributed by atoms with E-state index in [9.17, 15) is 37.9 Å². The predicted molar refractivity (Wildman–Crippen MR) is 150 cm³/mol. The standard InChI is InChI=1S/C28H23N5O10S.3Li/c29-19-2-1-18-10-26(44(39,40)41)27(28(38)21(18)11-19)33-32-23-13-24(42-5-3-34)22(12-25(23)43-6-4-35)31-30-20-8-16(14-36)7-17(9-20)15-37;;;/h1-2,8,10-13,38H,3-7,9,29H2,(H,39,40,41);;;/q-2;3*+1/p-1. The summed E-state index contributed by atoms with van der Waals surface area (Å²) in [6.07, 6.45) is 1.54. The number of allylic oxidation sites excluding steroid dienone is 3. The summed E-state index contributed by atoms with van der Waals surface area (Å²) in [6, 6.07) is 7.69. The van der Waals surface area contributed by atoms with Crippen molar-refractivity contribution in [3.05, 3.63) is 59.3 Å². The van der Waals surface area contributed by atoms with Crippen LogP contribution in [0.4, 0.5) is 22.7 Å². The molecule has 228 valence electrons. The summed E-state index contributed by atoms with van der Waals surface area (Å²) < 4.78 is 47.1. The Morgan fingerprint density at radius 3 is 1.98 bits per heavy atom. The molecule has 0 saturated carbocycles. The van der Waals surface area contributed by atoms with Crippen LogP contribution in [0.1, 0.15) is 12.8 Å². The van der Waals surface area contributed by atoms with Crippen LogP contribution in [0.5, 0.6) is 17.2 Å². The molecule has 0 aromatic heterocycles. The first-order chi connectivity index (χ1) is 21.1. The molecule has 3 N–H and O–H groups in total. The third-order valence-electron chi connectivity index (χ3n) is 6.03. The minimum absolute atomic E-state index is 0. The fourth-order valence-electron chi connectivity index (χ4n) is 4.11. The van der Waals surface area contributed by atoms with Crippen molar-refractivity contribution in [2.24, 2.45) is 20.5 Å². The number of aromatic hydroxyl groups is 1. The van der Waals surface area contributed by atoms with Gasteiger partial charge in [-0.1, -0.05) is 6.07 Å². The maximum absolute atomic E-state index is 12.1. The van der Waals surface area contributed by atoms with E-state index in [1.54, 1.807) is 11.9 Å². The number of azo groups is 2. The largest absolute Gasteiger partial charge is 1.00 e. The van der Waals surface area contributed by atoms with Gasteiger partial charge in [-0.3, -0.25) is 0 Å². The van der Waals surface area contributed by atoms with E-state index in [4.69, 9.17) is 15.2 Å². The van der Waals surface area contributed by atoms with E-state index in [0.717, 1.165) is 6.07 Å². The first kappa shape index (κ1) is 41.6. The number of rotatable bonds is 11. The third kappa shape index (κ3) is 10.5. The summed E-state index contributed by atoms with van der Waals surface area (Å²) in [7, 11) is -5.15. The van der Waals surface area contributed by atoms with Crippen molar-refractivity contribution < 1.29 is 104 Å². The van der Waals surface area contributed by atoms with Crippen LogP contribution in [0, 0.1) is 0 Å². The van der Waals surface area contributed by atoms with Crippen molar-refractivity contribution in [1.82, 2.24) is 0 Å². The second-order valence-corrected chi connectivity index (χ2v) is 10.5. The van der Waals surface area contributed by atoms with Crippen LogP contribution in [0.25, 0.3) is 10.8 Å². The van der Waals surface area contributed by atoms with Gasteiger partial charge in [-0.05, 0) is 29.7 Å². The Kier molecular flexibility index (Phi) is 16.6. The fraction of sp³-hybridized carbons (Fsp3) is 0.214. The maximum atomic E-state index is 12.1. The maximum Gasteiger partial charge on any atom is 1.00 e. The molecule has 0 heterocycles. The summed E-state index contributed by atoms with van der Waals surface area (Å²) in [4.78, 5) is 21.4. The number of ether oxygens (including phenoxy) is 2. The fourth-order valence-corrected chi connectivity index (χ4v) is 4.76. The van der Waals surface area contributed by atoms with E-state index in [1.807, 2.05) is 0 Å². The Hall–Kier alpha value is -3.42. The smallest absolute Gasteiger partial charge is 0.852 e. The molecule has 3 aromatic rings. The molecule has 3 aromatic carbocycles. The first-order valence-electron chi connectivity index (χ1n) is 12.7. The molecule has 0 bridgehead atoms. The second-order valence-electron chi connectivity index (χ2n) is 9.12. The molecule has 0 fully saturated rings. The predicted octanol–water partition coefficient (Wildman–Crippen LogP) is -6.79. The minimum atomic E-state index is -5.15. The Bertz CT molecular complexity index is 1920. The van der Waals surface area contributed by atoms with E-state index in [1.165, 1.54) is 36.4 Å². The zero-order chi connectivity index (χ0) is 31.9. The van der Waals surface area contributed by atoms with Crippen molar-refractivity contribution in [2.75, 3.05) is 32.2 Å². The summed E-state index contributed by atoms with van der Waals surface area (Å²) in [5.74, 6) is 2.60. The molecular weight excluding hydrogens is 619 g/mol. The summed E-state index contributed by atoms with van der Waals surface area (Å²) in [5, 5.41) is 49.5. The number of nitrogen functional groups attached to an aromatic ring is 1. The number of phenols is 1. The first-order valence-corrected chi connectivity index (χ1v) is 14.1. The number of anilines is 1. The number of hydrogen-bond donors (Lipinski definition) is 2. The average Bonchev–Trinajstić information content (AvgIpc) is 3.01. The van der Waals surface area contributed by atoms with Gasteiger partial charge in [-0.2, -0.15) is 5.11 Å². The van der Waals surface area contributed by atoms with Gasteiger partial charge >= 0.3 is 56.6 Å². The number of fused-ring (bicyclic) bond motifs is 1. The molecule has 15 nitrogen and oxygen atoms in total. The topological polar surface area (TPSA) is 252 Å². The van der Waals surface area contributed by atoms with Crippen LogP contribution < -0.4 is 82.0 Å². The Morgan fingerprint density at radius 2 is 1.45 bits per heavy atom. The molecular formula is C28H22Li3N5O10S. The number of benzene rings is 3. The van der Waals surface area contributed by atoms with E-state index in [0.29, 0.717) is 0 Å². The molecule has 0 radical (unpaired) electrons. The Labute approximate surface area is 304 Å². The molecule has 4 rings (SSSR count). The van der Waals surface area contributed by atoms with Crippen LogP contribution in [-0.4, -0.2) is 56.4 Å². The van der Waals surface area contributed by atoms with Crippen LogP contribution in [-0.2, 0) is 19.7 Å². The third-order valence-corrected chi connectivity index (χ3v) is 6.88. The molecule has 1 aliphatic carbocycles. The van der Waals surface area contributed by atoms with Gasteiger partial charge in [0.1, 0.15) is 50.6 Å². The average molecular weight is 641 g/mol. The van der Waals surface area contributed by atoms with Crippen LogP contribution >= 0.6 is 0 Å². The molecule has 0 saturated heterocycles. The zero-order valence-corrected chi connectivity index (χ0v) is 26.5. The monoisotopic (exact) mass is 641 g/mol. The number of nitrogens with two attached hydrogens (primary N) is 1. The van der Waals surface area contributed by atoms with Gasteiger partial charge in [-0.25, -0.2) is 18.0 Å². The van der Waals surface area contributed by atoms with Crippen molar-refractivity contribution in [3.63, 3.8) is 0 Å². The number of carbonyl (C=O) groups excluding carboxylic acids is 2. The van der Waals surface area contributed by atoms with Gasteiger partial charge in [0.25, 0.3) is 0 Å². The molecule has 0 amide bonds. The van der Waals surface area contributed by atoms with Crippen LogP contribution in [0.3, 0.4) is 0 Å². The van der Waals surface area contributed by atoms with Gasteiger partial charge in [0.05, 0.1) is 23.8 Å². The van der Waals surface area contributed by atoms with Crippen LogP contribution in [0.15, 0.2) is 84.7 Å². The Morgan fingerprint density at radius 1 is 0.851 bits per heavy atom. The molecule has 0 atom stereocenters. The van der Waals surface area contributed by atoms with Gasteiger partial charge in [0.2, 0.25) is 0 Å².